The van der Waals surface area contributed by atoms with Crippen molar-refractivity contribution >= 4 is 23.2 Å². The van der Waals surface area contributed by atoms with Gasteiger partial charge in [-0.25, -0.2) is 0 Å². The molecule has 1 N–H and O–H groups in total. The number of nitrogens with one attached hydrogen (secondary N) is 1. The molecule has 2 amide bonds. The van der Waals surface area contributed by atoms with Crippen molar-refractivity contribution in [1.29, 1.82) is 0 Å². The van der Waals surface area contributed by atoms with E-state index in [4.69, 9.17) is 0 Å². The first-order valence-electron chi connectivity index (χ1n) is 8.81. The average Bonchev–Trinajstić information content (AvgIpc) is 3.37. The van der Waals surface area contributed by atoms with E-state index < -0.39 is 6.36 Å². The second-order valence-corrected chi connectivity index (χ2v) is 7.92. The first-order valence-corrected chi connectivity index (χ1v) is 9.69. The van der Waals surface area contributed by atoms with Crippen molar-refractivity contribution in [3.63, 3.8) is 0 Å². The topological polar surface area (TPSA) is 58.6 Å². The Kier molecular flexibility index (Phi) is 4.78. The highest BCUT2D eigenvalue weighted by Crippen LogP contribution is 2.39. The summed E-state index contributed by atoms with van der Waals surface area (Å²) in [5.74, 6) is -0.478. The number of carbonyl (C=O) groups is 2. The number of carbonyl (C=O) groups excluding carboxylic acids is 2. The molecule has 2 aliphatic rings. The van der Waals surface area contributed by atoms with Crippen LogP contribution in [-0.2, 0) is 0 Å². The third kappa shape index (κ3) is 3.84. The summed E-state index contributed by atoms with van der Waals surface area (Å²) in [4.78, 5) is 27.4. The van der Waals surface area contributed by atoms with Crippen molar-refractivity contribution in [3.05, 3.63) is 52.2 Å². The number of alkyl halides is 3. The lowest BCUT2D eigenvalue weighted by Crippen LogP contribution is -2.47. The number of nitrogens with zero attached hydrogens (tertiary/aromatic N) is 1. The maximum Gasteiger partial charge on any atom is 0.573 e. The van der Waals surface area contributed by atoms with Crippen LogP contribution in [0.25, 0.3) is 0 Å². The second kappa shape index (κ2) is 7.12. The Morgan fingerprint density at radius 1 is 1.14 bits per heavy atom. The predicted octanol–water partition coefficient (Wildman–Crippen LogP) is 3.68. The van der Waals surface area contributed by atoms with E-state index in [-0.39, 0.29) is 35.6 Å². The number of piperidine rings is 1. The monoisotopic (exact) mass is 410 g/mol. The molecule has 4 rings (SSSR count). The summed E-state index contributed by atoms with van der Waals surface area (Å²) in [6, 6.07) is 8.61. The lowest BCUT2D eigenvalue weighted by atomic mass is 10.0. The van der Waals surface area contributed by atoms with Gasteiger partial charge in [-0.15, -0.1) is 24.5 Å². The Hall–Kier alpha value is -2.55. The van der Waals surface area contributed by atoms with E-state index in [1.807, 2.05) is 11.4 Å². The number of rotatable bonds is 4. The smallest absolute Gasteiger partial charge is 0.406 e. The van der Waals surface area contributed by atoms with E-state index in [1.54, 1.807) is 11.0 Å². The van der Waals surface area contributed by atoms with E-state index >= 15 is 0 Å². The molecule has 1 aliphatic heterocycles. The van der Waals surface area contributed by atoms with Crippen molar-refractivity contribution in [2.24, 2.45) is 5.92 Å². The molecule has 5 nitrogen and oxygen atoms in total. The quantitative estimate of drug-likeness (QED) is 0.837. The highest BCUT2D eigenvalue weighted by Gasteiger charge is 2.47. The molecule has 2 aromatic rings. The van der Waals surface area contributed by atoms with Crippen molar-refractivity contribution < 1.29 is 27.5 Å². The molecular formula is C19H17F3N2O3S. The Balaban J connectivity index is 1.36. The van der Waals surface area contributed by atoms with E-state index in [2.05, 4.69) is 10.1 Å². The summed E-state index contributed by atoms with van der Waals surface area (Å²) in [6.07, 6.45) is -3.26. The molecule has 2 fully saturated rings. The molecule has 3 unspecified atom stereocenters. The Morgan fingerprint density at radius 3 is 2.46 bits per heavy atom. The molecule has 1 saturated heterocycles. The second-order valence-electron chi connectivity index (χ2n) is 6.97. The maximum atomic E-state index is 12.7. The maximum absolute atomic E-state index is 12.7. The molecule has 28 heavy (non-hydrogen) atoms. The van der Waals surface area contributed by atoms with Gasteiger partial charge >= 0.3 is 6.36 Å². The molecule has 9 heteroatoms. The Morgan fingerprint density at radius 2 is 1.89 bits per heavy atom. The van der Waals surface area contributed by atoms with Crippen LogP contribution in [0.15, 0.2) is 41.8 Å². The van der Waals surface area contributed by atoms with E-state index in [0.29, 0.717) is 23.4 Å². The lowest BCUT2D eigenvalue weighted by Gasteiger charge is -2.32. The summed E-state index contributed by atoms with van der Waals surface area (Å²) in [7, 11) is 0. The zero-order valence-electron chi connectivity index (χ0n) is 14.6. The molecule has 2 heterocycles. The van der Waals surface area contributed by atoms with Crippen LogP contribution < -0.4 is 10.1 Å². The van der Waals surface area contributed by atoms with Crippen LogP contribution >= 0.6 is 11.3 Å². The lowest BCUT2D eigenvalue weighted by molar-refractivity contribution is -0.274. The predicted molar refractivity (Wildman–Crippen MR) is 96.2 cm³/mol. The average molecular weight is 410 g/mol. The highest BCUT2D eigenvalue weighted by atomic mass is 32.1. The third-order valence-electron chi connectivity index (χ3n) is 5.20. The number of hydrogen-bond donors (Lipinski definition) is 1. The molecule has 0 radical (unpaired) electrons. The van der Waals surface area contributed by atoms with E-state index in [1.165, 1.54) is 23.5 Å². The number of amides is 2. The molecule has 1 aliphatic carbocycles. The van der Waals surface area contributed by atoms with Crippen LogP contribution in [0, 0.1) is 5.92 Å². The molecule has 1 saturated carbocycles. The van der Waals surface area contributed by atoms with Crippen LogP contribution in [0.1, 0.15) is 32.9 Å². The summed E-state index contributed by atoms with van der Waals surface area (Å²) in [6.45, 7) is 0.527. The van der Waals surface area contributed by atoms with Gasteiger partial charge in [-0.3, -0.25) is 9.59 Å². The van der Waals surface area contributed by atoms with Gasteiger partial charge in [0.25, 0.3) is 11.8 Å². The normalized spacial score (nSPS) is 23.7. The fourth-order valence-corrected chi connectivity index (χ4v) is 4.62. The molecule has 148 valence electrons. The Labute approximate surface area is 163 Å². The summed E-state index contributed by atoms with van der Waals surface area (Å²) in [5.41, 5.74) is 0.321. The van der Waals surface area contributed by atoms with Crippen LogP contribution in [-0.4, -0.2) is 41.7 Å². The fourth-order valence-electron chi connectivity index (χ4n) is 3.99. The number of benzene rings is 1. The molecule has 2 bridgehead atoms. The van der Waals surface area contributed by atoms with Gasteiger partial charge in [-0.2, -0.15) is 0 Å². The Bertz CT molecular complexity index is 868. The van der Waals surface area contributed by atoms with Crippen molar-refractivity contribution in [2.75, 3.05) is 6.54 Å². The SMILES string of the molecule is O=C(NC1CC2CC1CN2C(=O)c1ccc(OC(F)(F)F)cc1)c1cccs1. The molecular weight excluding hydrogens is 393 g/mol. The van der Waals surface area contributed by atoms with Gasteiger partial charge in [0.1, 0.15) is 5.75 Å². The number of ether oxygens (including phenoxy) is 1. The molecule has 1 aromatic heterocycles. The summed E-state index contributed by atoms with van der Waals surface area (Å²) in [5, 5.41) is 4.90. The third-order valence-corrected chi connectivity index (χ3v) is 6.07. The van der Waals surface area contributed by atoms with E-state index in [9.17, 15) is 22.8 Å². The minimum absolute atomic E-state index is 0.0252. The van der Waals surface area contributed by atoms with Crippen LogP contribution in [0.3, 0.4) is 0 Å². The number of hydrogen-bond acceptors (Lipinski definition) is 4. The van der Waals surface area contributed by atoms with Crippen molar-refractivity contribution in [1.82, 2.24) is 10.2 Å². The van der Waals surface area contributed by atoms with Crippen molar-refractivity contribution in [2.45, 2.75) is 31.3 Å². The molecule has 3 atom stereocenters. The van der Waals surface area contributed by atoms with Gasteiger partial charge in [0.2, 0.25) is 0 Å². The number of thiophene rings is 1. The standard InChI is InChI=1S/C19H17F3N2O3S/c20-19(21,22)27-14-5-3-11(4-6-14)18(26)24-10-12-8-13(24)9-15(12)23-17(25)16-2-1-7-28-16/h1-7,12-13,15H,8-10H2,(H,23,25). The summed E-state index contributed by atoms with van der Waals surface area (Å²) >= 11 is 1.38. The molecule has 1 aromatic carbocycles. The van der Waals surface area contributed by atoms with Gasteiger partial charge < -0.3 is 15.0 Å². The zero-order chi connectivity index (χ0) is 19.9. The van der Waals surface area contributed by atoms with Gasteiger partial charge in [0, 0.05) is 24.2 Å². The first kappa shape index (κ1) is 18.8. The number of halogens is 3. The minimum atomic E-state index is -4.76. The number of likely N-dealkylation sites (tertiary alicyclic amines) is 1. The zero-order valence-corrected chi connectivity index (χ0v) is 15.4. The van der Waals surface area contributed by atoms with Gasteiger partial charge in [0.05, 0.1) is 4.88 Å². The fraction of sp³-hybridized carbons (Fsp3) is 0.368. The largest absolute Gasteiger partial charge is 0.573 e. The van der Waals surface area contributed by atoms with Gasteiger partial charge in [-0.05, 0) is 54.5 Å². The van der Waals surface area contributed by atoms with Crippen LogP contribution in [0.4, 0.5) is 13.2 Å². The van der Waals surface area contributed by atoms with Gasteiger partial charge in [-0.1, -0.05) is 6.07 Å². The van der Waals surface area contributed by atoms with Gasteiger partial charge in [0.15, 0.2) is 0 Å². The van der Waals surface area contributed by atoms with E-state index in [0.717, 1.165) is 18.6 Å². The number of fused-ring (bicyclic) bond motifs is 2. The highest BCUT2D eigenvalue weighted by molar-refractivity contribution is 7.12. The first-order chi connectivity index (χ1) is 13.3. The molecule has 0 spiro atoms. The van der Waals surface area contributed by atoms with Crippen LogP contribution in [0.5, 0.6) is 5.75 Å². The van der Waals surface area contributed by atoms with Crippen molar-refractivity contribution in [3.8, 4) is 5.75 Å². The van der Waals surface area contributed by atoms with Crippen LogP contribution in [0.2, 0.25) is 0 Å². The minimum Gasteiger partial charge on any atom is -0.406 e. The summed E-state index contributed by atoms with van der Waals surface area (Å²) < 4.78 is 40.5.